The number of nitrogens with two attached hydrogens (primary N) is 1. The number of benzene rings is 1. The maximum atomic E-state index is 11.0. The van der Waals surface area contributed by atoms with Gasteiger partial charge in [-0.3, -0.25) is 4.79 Å². The molecule has 0 saturated carbocycles. The van der Waals surface area contributed by atoms with Crippen molar-refractivity contribution in [3.63, 3.8) is 0 Å². The van der Waals surface area contributed by atoms with Gasteiger partial charge in [-0.1, -0.05) is 23.2 Å². The van der Waals surface area contributed by atoms with Crippen LogP contribution in [0.25, 0.3) is 0 Å². The fourth-order valence-corrected chi connectivity index (χ4v) is 2.05. The minimum atomic E-state index is -0.0140. The van der Waals surface area contributed by atoms with E-state index in [0.29, 0.717) is 41.8 Å². The second-order valence-electron chi connectivity index (χ2n) is 3.71. The lowest BCUT2D eigenvalue weighted by Gasteiger charge is -2.12. The molecule has 0 bridgehead atoms. The molecule has 0 saturated heterocycles. The molecule has 1 aromatic rings. The molecule has 0 fully saturated rings. The number of hydrogen-bond donors (Lipinski definition) is 2. The smallest absolute Gasteiger partial charge is 0.219 e. The maximum Gasteiger partial charge on any atom is 0.219 e. The summed E-state index contributed by atoms with van der Waals surface area (Å²) in [5, 5.41) is 3.51. The number of ether oxygens (including phenoxy) is 1. The molecule has 0 heterocycles. The highest BCUT2D eigenvalue weighted by Crippen LogP contribution is 2.32. The summed E-state index contributed by atoms with van der Waals surface area (Å²) in [6, 6.07) is 3.33. The molecular weight excluding hydrogens is 275 g/mol. The van der Waals surface area contributed by atoms with E-state index in [4.69, 9.17) is 33.7 Å². The van der Waals surface area contributed by atoms with E-state index in [1.165, 1.54) is 0 Å². The highest BCUT2D eigenvalue weighted by atomic mass is 35.5. The Morgan fingerprint density at radius 3 is 2.78 bits per heavy atom. The third-order valence-electron chi connectivity index (χ3n) is 2.38. The Labute approximate surface area is 116 Å². The van der Waals surface area contributed by atoms with Crippen LogP contribution in [0.3, 0.4) is 0 Å². The highest BCUT2D eigenvalue weighted by molar-refractivity contribution is 6.35. The van der Waals surface area contributed by atoms with Crippen molar-refractivity contribution in [1.29, 1.82) is 0 Å². The first kappa shape index (κ1) is 15.1. The van der Waals surface area contributed by atoms with E-state index < -0.39 is 0 Å². The first-order chi connectivity index (χ1) is 8.58. The van der Waals surface area contributed by atoms with Gasteiger partial charge in [0.25, 0.3) is 0 Å². The van der Waals surface area contributed by atoms with Crippen molar-refractivity contribution in [3.8, 4) is 5.75 Å². The van der Waals surface area contributed by atoms with Gasteiger partial charge in [0.15, 0.2) is 0 Å². The molecule has 0 atom stereocenters. The Kier molecular flexibility index (Phi) is 6.25. The highest BCUT2D eigenvalue weighted by Gasteiger charge is 2.09. The lowest BCUT2D eigenvalue weighted by Crippen LogP contribution is -2.18. The van der Waals surface area contributed by atoms with Crippen LogP contribution < -0.4 is 15.8 Å². The number of nitrogens with one attached hydrogen (secondary N) is 1. The Bertz CT molecular complexity index is 425. The summed E-state index contributed by atoms with van der Waals surface area (Å²) in [7, 11) is 1.60. The lowest BCUT2D eigenvalue weighted by atomic mass is 10.2. The van der Waals surface area contributed by atoms with Gasteiger partial charge in [-0.2, -0.15) is 0 Å². The Hall–Kier alpha value is -0.970. The second kappa shape index (κ2) is 7.46. The number of rotatable bonds is 6. The fourth-order valence-electron chi connectivity index (χ4n) is 1.46. The largest absolute Gasteiger partial charge is 0.492 e. The average Bonchev–Trinajstić information content (AvgIpc) is 2.35. The zero-order valence-electron chi connectivity index (χ0n) is 10.1. The molecule has 6 heteroatoms. The predicted octanol–water partition coefficient (Wildman–Crippen LogP) is 2.36. The summed E-state index contributed by atoms with van der Waals surface area (Å²) in [5.74, 6) is 0.528. The minimum Gasteiger partial charge on any atom is -0.492 e. The summed E-state index contributed by atoms with van der Waals surface area (Å²) in [6.07, 6.45) is 1.03. The monoisotopic (exact) mass is 290 g/mol. The molecule has 1 aromatic carbocycles. The van der Waals surface area contributed by atoms with Gasteiger partial charge in [0.05, 0.1) is 11.6 Å². The van der Waals surface area contributed by atoms with Crippen LogP contribution in [0.2, 0.25) is 10.0 Å². The van der Waals surface area contributed by atoms with Gasteiger partial charge < -0.3 is 15.8 Å². The molecule has 100 valence electrons. The number of carbonyl (C=O) groups is 1. The molecule has 0 spiro atoms. The maximum absolute atomic E-state index is 11.0. The molecule has 1 amide bonds. The lowest BCUT2D eigenvalue weighted by molar-refractivity contribution is -0.120. The van der Waals surface area contributed by atoms with Gasteiger partial charge in [-0.05, 0) is 18.6 Å². The third-order valence-corrected chi connectivity index (χ3v) is 2.88. The van der Waals surface area contributed by atoms with E-state index in [0.717, 1.165) is 5.56 Å². The molecule has 0 aliphatic heterocycles. The molecule has 4 nitrogen and oxygen atoms in total. The number of amides is 1. The Morgan fingerprint density at radius 1 is 1.44 bits per heavy atom. The van der Waals surface area contributed by atoms with Crippen LogP contribution in [-0.2, 0) is 11.3 Å². The quantitative estimate of drug-likeness (QED) is 0.791. The molecule has 0 radical (unpaired) electrons. The van der Waals surface area contributed by atoms with Crippen molar-refractivity contribution in [1.82, 2.24) is 5.32 Å². The van der Waals surface area contributed by atoms with Crippen LogP contribution in [0.4, 0.5) is 0 Å². The summed E-state index contributed by atoms with van der Waals surface area (Å²) in [5.41, 5.74) is 6.36. The van der Waals surface area contributed by atoms with Crippen molar-refractivity contribution in [2.24, 2.45) is 5.73 Å². The first-order valence-corrected chi connectivity index (χ1v) is 6.35. The van der Waals surface area contributed by atoms with E-state index in [1.54, 1.807) is 19.2 Å². The van der Waals surface area contributed by atoms with Crippen LogP contribution in [0.5, 0.6) is 5.75 Å². The standard InChI is InChI=1S/C12H16Cl2N2O2/c1-16-11(17)3-2-4-18-12-8(7-15)5-9(13)6-10(12)14/h5-6H,2-4,7,15H2,1H3,(H,16,17). The summed E-state index contributed by atoms with van der Waals surface area (Å²) >= 11 is 11.9. The molecule has 18 heavy (non-hydrogen) atoms. The number of hydrogen-bond acceptors (Lipinski definition) is 3. The van der Waals surface area contributed by atoms with Crippen LogP contribution in [0, 0.1) is 0 Å². The fraction of sp³-hybridized carbons (Fsp3) is 0.417. The van der Waals surface area contributed by atoms with Gasteiger partial charge in [-0.25, -0.2) is 0 Å². The van der Waals surface area contributed by atoms with E-state index in [-0.39, 0.29) is 5.91 Å². The van der Waals surface area contributed by atoms with Crippen LogP contribution in [0.15, 0.2) is 12.1 Å². The number of carbonyl (C=O) groups excluding carboxylic acids is 1. The summed E-state index contributed by atoms with van der Waals surface area (Å²) in [6.45, 7) is 0.701. The molecule has 0 unspecified atom stereocenters. The Balaban J connectivity index is 2.59. The topological polar surface area (TPSA) is 64.3 Å². The van der Waals surface area contributed by atoms with Gasteiger partial charge in [0.2, 0.25) is 5.91 Å². The van der Waals surface area contributed by atoms with Gasteiger partial charge in [-0.15, -0.1) is 0 Å². The van der Waals surface area contributed by atoms with Gasteiger partial charge in [0, 0.05) is 30.6 Å². The Morgan fingerprint density at radius 2 is 2.17 bits per heavy atom. The SMILES string of the molecule is CNC(=O)CCCOc1c(Cl)cc(Cl)cc1CN. The van der Waals surface area contributed by atoms with Crippen molar-refractivity contribution in [2.75, 3.05) is 13.7 Å². The van der Waals surface area contributed by atoms with Crippen molar-refractivity contribution in [3.05, 3.63) is 27.7 Å². The molecule has 3 N–H and O–H groups in total. The summed E-state index contributed by atoms with van der Waals surface area (Å²) < 4.78 is 5.56. The number of halogens is 2. The van der Waals surface area contributed by atoms with E-state index in [9.17, 15) is 4.79 Å². The summed E-state index contributed by atoms with van der Waals surface area (Å²) in [4.78, 5) is 11.0. The van der Waals surface area contributed by atoms with E-state index in [1.807, 2.05) is 0 Å². The van der Waals surface area contributed by atoms with Gasteiger partial charge in [0.1, 0.15) is 5.75 Å². The molecule has 0 aromatic heterocycles. The second-order valence-corrected chi connectivity index (χ2v) is 4.55. The van der Waals surface area contributed by atoms with Crippen molar-refractivity contribution >= 4 is 29.1 Å². The van der Waals surface area contributed by atoms with Crippen LogP contribution in [-0.4, -0.2) is 19.6 Å². The third kappa shape index (κ3) is 4.37. The van der Waals surface area contributed by atoms with Crippen LogP contribution >= 0.6 is 23.2 Å². The zero-order valence-corrected chi connectivity index (χ0v) is 11.6. The van der Waals surface area contributed by atoms with E-state index in [2.05, 4.69) is 5.32 Å². The molecule has 0 aliphatic rings. The van der Waals surface area contributed by atoms with Gasteiger partial charge >= 0.3 is 0 Å². The molecular formula is C12H16Cl2N2O2. The van der Waals surface area contributed by atoms with Crippen LogP contribution in [0.1, 0.15) is 18.4 Å². The molecule has 1 rings (SSSR count). The van der Waals surface area contributed by atoms with Crippen molar-refractivity contribution < 1.29 is 9.53 Å². The van der Waals surface area contributed by atoms with E-state index >= 15 is 0 Å². The van der Waals surface area contributed by atoms with Crippen molar-refractivity contribution in [2.45, 2.75) is 19.4 Å². The zero-order chi connectivity index (χ0) is 13.5. The average molecular weight is 291 g/mol. The normalized spacial score (nSPS) is 10.2. The first-order valence-electron chi connectivity index (χ1n) is 5.59. The predicted molar refractivity (Wildman–Crippen MR) is 73.1 cm³/mol. The molecule has 0 aliphatic carbocycles. The minimum absolute atomic E-state index is 0.0140.